The topological polar surface area (TPSA) is 84.9 Å². The summed E-state index contributed by atoms with van der Waals surface area (Å²) in [4.78, 5) is 23.1. The first-order valence-electron chi connectivity index (χ1n) is 7.96. The van der Waals surface area contributed by atoms with Crippen molar-refractivity contribution in [1.82, 2.24) is 5.32 Å². The molecule has 1 aliphatic rings. The van der Waals surface area contributed by atoms with E-state index in [2.05, 4.69) is 11.9 Å². The number of nitrogens with one attached hydrogen (secondary N) is 1. The van der Waals surface area contributed by atoms with Crippen LogP contribution in [-0.4, -0.2) is 36.7 Å². The summed E-state index contributed by atoms with van der Waals surface area (Å²) < 4.78 is 10.7. The molecule has 24 heavy (non-hydrogen) atoms. The van der Waals surface area contributed by atoms with Crippen LogP contribution in [0.5, 0.6) is 11.5 Å². The van der Waals surface area contributed by atoms with Gasteiger partial charge in [0.05, 0.1) is 7.11 Å². The van der Waals surface area contributed by atoms with E-state index in [9.17, 15) is 9.59 Å². The number of carboxylic acid groups (broad SMARTS) is 1. The van der Waals surface area contributed by atoms with Crippen molar-refractivity contribution in [2.24, 2.45) is 5.92 Å². The van der Waals surface area contributed by atoms with Crippen LogP contribution in [0.2, 0.25) is 0 Å². The molecule has 0 spiro atoms. The number of benzene rings is 1. The minimum Gasteiger partial charge on any atom is -0.493 e. The average Bonchev–Trinajstić information content (AvgIpc) is 3.37. The predicted octanol–water partition coefficient (Wildman–Crippen LogP) is 2.17. The zero-order chi connectivity index (χ0) is 17.5. The quantitative estimate of drug-likeness (QED) is 0.641. The first kappa shape index (κ1) is 17.8. The molecular formula is C18H23NO5. The van der Waals surface area contributed by atoms with E-state index in [0.717, 1.165) is 18.4 Å². The molecule has 1 aliphatic carbocycles. The summed E-state index contributed by atoms with van der Waals surface area (Å²) in [5.41, 5.74) is 1.02. The Labute approximate surface area is 141 Å². The van der Waals surface area contributed by atoms with Crippen molar-refractivity contribution >= 4 is 11.9 Å². The minimum absolute atomic E-state index is 0.258. The van der Waals surface area contributed by atoms with Gasteiger partial charge in [-0.2, -0.15) is 0 Å². The van der Waals surface area contributed by atoms with Gasteiger partial charge in [0.2, 0.25) is 0 Å². The maximum atomic E-state index is 11.9. The molecule has 6 heteroatoms. The van der Waals surface area contributed by atoms with Gasteiger partial charge in [-0.25, -0.2) is 4.79 Å². The molecular weight excluding hydrogens is 310 g/mol. The number of methoxy groups -OCH3 is 1. The van der Waals surface area contributed by atoms with Crippen LogP contribution in [0.1, 0.15) is 24.8 Å². The van der Waals surface area contributed by atoms with Crippen LogP contribution in [0.15, 0.2) is 30.9 Å². The third-order valence-corrected chi connectivity index (χ3v) is 3.87. The molecule has 2 N–H and O–H groups in total. The van der Waals surface area contributed by atoms with Crippen LogP contribution >= 0.6 is 0 Å². The number of aliphatic carboxylic acids is 1. The molecule has 0 aliphatic heterocycles. The first-order valence-corrected chi connectivity index (χ1v) is 7.96. The van der Waals surface area contributed by atoms with Gasteiger partial charge in [-0.05, 0) is 36.5 Å². The number of hydrogen-bond acceptors (Lipinski definition) is 4. The summed E-state index contributed by atoms with van der Waals surface area (Å²) in [6.07, 6.45) is 5.03. The number of rotatable bonds is 10. The van der Waals surface area contributed by atoms with Crippen molar-refractivity contribution < 1.29 is 24.2 Å². The lowest BCUT2D eigenvalue weighted by atomic mass is 10.1. The van der Waals surface area contributed by atoms with Crippen molar-refractivity contribution in [2.45, 2.75) is 31.7 Å². The summed E-state index contributed by atoms with van der Waals surface area (Å²) in [7, 11) is 1.52. The zero-order valence-electron chi connectivity index (χ0n) is 13.8. The predicted molar refractivity (Wildman–Crippen MR) is 89.3 cm³/mol. The molecule has 6 nitrogen and oxygen atoms in total. The van der Waals surface area contributed by atoms with Gasteiger partial charge in [0.1, 0.15) is 6.04 Å². The fourth-order valence-corrected chi connectivity index (χ4v) is 2.41. The smallest absolute Gasteiger partial charge is 0.326 e. The van der Waals surface area contributed by atoms with Gasteiger partial charge in [0.25, 0.3) is 5.91 Å². The molecule has 2 rings (SSSR count). The molecule has 1 amide bonds. The van der Waals surface area contributed by atoms with Gasteiger partial charge in [-0.1, -0.05) is 25.0 Å². The molecule has 0 aromatic heterocycles. The average molecular weight is 333 g/mol. The van der Waals surface area contributed by atoms with Gasteiger partial charge in [-0.3, -0.25) is 4.79 Å². The maximum absolute atomic E-state index is 11.9. The Morgan fingerprint density at radius 3 is 2.75 bits per heavy atom. The van der Waals surface area contributed by atoms with Crippen LogP contribution in [-0.2, 0) is 16.0 Å². The van der Waals surface area contributed by atoms with E-state index in [1.54, 1.807) is 12.1 Å². The van der Waals surface area contributed by atoms with Gasteiger partial charge < -0.3 is 19.9 Å². The molecule has 1 saturated carbocycles. The Morgan fingerprint density at radius 1 is 1.42 bits per heavy atom. The minimum atomic E-state index is -1.01. The number of carbonyl (C=O) groups is 2. The summed E-state index contributed by atoms with van der Waals surface area (Å²) in [6.45, 7) is 3.43. The van der Waals surface area contributed by atoms with Gasteiger partial charge in [0.15, 0.2) is 18.1 Å². The molecule has 1 aromatic rings. The largest absolute Gasteiger partial charge is 0.493 e. The second-order valence-electron chi connectivity index (χ2n) is 5.90. The number of amides is 1. The third-order valence-electron chi connectivity index (χ3n) is 3.87. The van der Waals surface area contributed by atoms with Crippen molar-refractivity contribution in [1.29, 1.82) is 0 Å². The van der Waals surface area contributed by atoms with E-state index < -0.39 is 17.9 Å². The molecule has 1 aromatic carbocycles. The highest BCUT2D eigenvalue weighted by atomic mass is 16.5. The van der Waals surface area contributed by atoms with E-state index in [1.807, 2.05) is 12.1 Å². The molecule has 1 fully saturated rings. The number of hydrogen-bond donors (Lipinski definition) is 2. The standard InChI is InChI=1S/C18H23NO5/c1-3-4-12-7-8-15(16(10-12)23-2)24-11-17(20)19-14(18(21)22)9-13-5-6-13/h3,7-8,10,13-14H,1,4-6,9,11H2,2H3,(H,19,20)(H,21,22). The van der Waals surface area contributed by atoms with E-state index in [-0.39, 0.29) is 6.61 Å². The molecule has 0 bridgehead atoms. The maximum Gasteiger partial charge on any atom is 0.326 e. The van der Waals surface area contributed by atoms with Crippen molar-refractivity contribution in [2.75, 3.05) is 13.7 Å². The third kappa shape index (κ3) is 5.30. The lowest BCUT2D eigenvalue weighted by molar-refractivity contribution is -0.142. The Kier molecular flexibility index (Phi) is 6.23. The molecule has 0 heterocycles. The number of ether oxygens (including phenoxy) is 2. The Balaban J connectivity index is 1.90. The van der Waals surface area contributed by atoms with Crippen LogP contribution < -0.4 is 14.8 Å². The van der Waals surface area contributed by atoms with Gasteiger partial charge in [-0.15, -0.1) is 6.58 Å². The summed E-state index contributed by atoms with van der Waals surface area (Å²) in [6, 6.07) is 4.56. The summed E-state index contributed by atoms with van der Waals surface area (Å²) in [5.74, 6) is -0.101. The van der Waals surface area contributed by atoms with Crippen molar-refractivity contribution in [3.63, 3.8) is 0 Å². The van der Waals surface area contributed by atoms with Crippen LogP contribution in [0, 0.1) is 5.92 Å². The highest BCUT2D eigenvalue weighted by molar-refractivity contribution is 5.84. The van der Waals surface area contributed by atoms with Gasteiger partial charge in [0, 0.05) is 0 Å². The Bertz CT molecular complexity index is 609. The van der Waals surface area contributed by atoms with Crippen LogP contribution in [0.3, 0.4) is 0 Å². The lowest BCUT2D eigenvalue weighted by Gasteiger charge is -2.15. The SMILES string of the molecule is C=CCc1ccc(OCC(=O)NC(CC2CC2)C(=O)O)c(OC)c1. The summed E-state index contributed by atoms with van der Waals surface area (Å²) >= 11 is 0. The zero-order valence-corrected chi connectivity index (χ0v) is 13.8. The van der Waals surface area contributed by atoms with Crippen molar-refractivity contribution in [3.05, 3.63) is 36.4 Å². The molecule has 1 unspecified atom stereocenters. The van der Waals surface area contributed by atoms with E-state index in [1.165, 1.54) is 7.11 Å². The van der Waals surface area contributed by atoms with E-state index in [4.69, 9.17) is 14.6 Å². The highest BCUT2D eigenvalue weighted by Gasteiger charge is 2.30. The monoisotopic (exact) mass is 333 g/mol. The van der Waals surface area contributed by atoms with E-state index >= 15 is 0 Å². The molecule has 0 saturated heterocycles. The lowest BCUT2D eigenvalue weighted by Crippen LogP contribution is -2.43. The second-order valence-corrected chi connectivity index (χ2v) is 5.90. The van der Waals surface area contributed by atoms with Crippen LogP contribution in [0.25, 0.3) is 0 Å². The van der Waals surface area contributed by atoms with Gasteiger partial charge >= 0.3 is 5.97 Å². The molecule has 1 atom stereocenters. The number of allylic oxidation sites excluding steroid dienone is 1. The Morgan fingerprint density at radius 2 is 2.17 bits per heavy atom. The normalized spacial score (nSPS) is 14.5. The fraction of sp³-hybridized carbons (Fsp3) is 0.444. The number of carboxylic acids is 1. The molecule has 0 radical (unpaired) electrons. The van der Waals surface area contributed by atoms with Crippen LogP contribution in [0.4, 0.5) is 0 Å². The van der Waals surface area contributed by atoms with Crippen molar-refractivity contribution in [3.8, 4) is 11.5 Å². The molecule has 130 valence electrons. The Hall–Kier alpha value is -2.50. The second kappa shape index (κ2) is 8.38. The highest BCUT2D eigenvalue weighted by Crippen LogP contribution is 2.33. The number of carbonyl (C=O) groups excluding carboxylic acids is 1. The fourth-order valence-electron chi connectivity index (χ4n) is 2.41. The summed E-state index contributed by atoms with van der Waals surface area (Å²) in [5, 5.41) is 11.7. The van der Waals surface area contributed by atoms with E-state index in [0.29, 0.717) is 30.3 Å². The first-order chi connectivity index (χ1) is 11.5.